The molecule has 1 fully saturated rings. The van der Waals surface area contributed by atoms with Crippen LogP contribution in [0.4, 0.5) is 4.39 Å². The fourth-order valence-corrected chi connectivity index (χ4v) is 4.12. The van der Waals surface area contributed by atoms with E-state index in [4.69, 9.17) is 4.74 Å². The Balaban J connectivity index is 1.34. The van der Waals surface area contributed by atoms with Gasteiger partial charge in [-0.05, 0) is 48.2 Å². The zero-order chi connectivity index (χ0) is 21.6. The highest BCUT2D eigenvalue weighted by Gasteiger charge is 2.22. The Morgan fingerprint density at radius 1 is 1.03 bits per heavy atom. The van der Waals surface area contributed by atoms with E-state index in [0.717, 1.165) is 49.4 Å². The smallest absolute Gasteiger partial charge is 0.254 e. The van der Waals surface area contributed by atoms with E-state index < -0.39 is 5.82 Å². The van der Waals surface area contributed by atoms with Crippen molar-refractivity contribution in [2.45, 2.75) is 25.4 Å². The highest BCUT2D eigenvalue weighted by Crippen LogP contribution is 2.30. The number of nitrogens with zero attached hydrogens (tertiary/aromatic N) is 1. The van der Waals surface area contributed by atoms with Crippen molar-refractivity contribution in [2.24, 2.45) is 0 Å². The van der Waals surface area contributed by atoms with Crippen LogP contribution in [0.5, 0.6) is 5.75 Å². The maximum absolute atomic E-state index is 13.8. The number of methoxy groups -OCH3 is 1. The molecule has 31 heavy (non-hydrogen) atoms. The van der Waals surface area contributed by atoms with Crippen LogP contribution in [0.25, 0.3) is 11.1 Å². The lowest BCUT2D eigenvalue weighted by molar-refractivity contribution is 0.0905. The van der Waals surface area contributed by atoms with E-state index in [1.165, 1.54) is 17.7 Å². The van der Waals surface area contributed by atoms with Crippen molar-refractivity contribution in [3.8, 4) is 16.9 Å². The molecule has 3 aromatic carbocycles. The minimum Gasteiger partial charge on any atom is -0.496 e. The first kappa shape index (κ1) is 21.1. The normalized spacial score (nSPS) is 14.9. The van der Waals surface area contributed by atoms with Gasteiger partial charge < -0.3 is 10.1 Å². The molecule has 0 bridgehead atoms. The topological polar surface area (TPSA) is 41.6 Å². The standard InChI is InChI=1S/C26H27FN2O2/c1-31-25-12-5-3-9-22(25)20-8-6-7-19(17-20)18-29-15-13-21(14-16-29)28-26(30)23-10-2-4-11-24(23)27/h2-12,17,21H,13-16,18H2,1H3,(H,28,30). The first-order chi connectivity index (χ1) is 15.1. The second-order valence-electron chi connectivity index (χ2n) is 7.90. The minimum atomic E-state index is -0.479. The van der Waals surface area contributed by atoms with E-state index in [2.05, 4.69) is 40.5 Å². The highest BCUT2D eigenvalue weighted by molar-refractivity contribution is 5.94. The molecule has 4 nitrogen and oxygen atoms in total. The maximum Gasteiger partial charge on any atom is 0.254 e. The summed E-state index contributed by atoms with van der Waals surface area (Å²) in [5, 5.41) is 2.98. The number of carbonyl (C=O) groups is 1. The van der Waals surface area contributed by atoms with Crippen LogP contribution in [0, 0.1) is 5.82 Å². The number of piperidine rings is 1. The zero-order valence-corrected chi connectivity index (χ0v) is 17.7. The first-order valence-electron chi connectivity index (χ1n) is 10.6. The molecule has 1 N–H and O–H groups in total. The van der Waals surface area contributed by atoms with E-state index in [-0.39, 0.29) is 17.5 Å². The molecular weight excluding hydrogens is 391 g/mol. The van der Waals surface area contributed by atoms with Gasteiger partial charge in [-0.1, -0.05) is 48.5 Å². The summed E-state index contributed by atoms with van der Waals surface area (Å²) in [6.07, 6.45) is 1.71. The number of rotatable bonds is 6. The quantitative estimate of drug-likeness (QED) is 0.619. The summed E-state index contributed by atoms with van der Waals surface area (Å²) < 4.78 is 19.3. The van der Waals surface area contributed by atoms with Gasteiger partial charge in [0.05, 0.1) is 12.7 Å². The molecule has 3 aromatic rings. The van der Waals surface area contributed by atoms with Crippen LogP contribution in [-0.4, -0.2) is 37.0 Å². The summed E-state index contributed by atoms with van der Waals surface area (Å²) in [6, 6.07) is 22.8. The summed E-state index contributed by atoms with van der Waals surface area (Å²) in [7, 11) is 1.69. The van der Waals surface area contributed by atoms with Crippen molar-refractivity contribution < 1.29 is 13.9 Å². The Morgan fingerprint density at radius 3 is 2.55 bits per heavy atom. The number of benzene rings is 3. The lowest BCUT2D eigenvalue weighted by Crippen LogP contribution is -2.44. The number of para-hydroxylation sites is 1. The Bertz CT molecular complexity index is 1040. The molecule has 1 heterocycles. The summed E-state index contributed by atoms with van der Waals surface area (Å²) in [5.41, 5.74) is 3.58. The monoisotopic (exact) mass is 418 g/mol. The Morgan fingerprint density at radius 2 is 1.77 bits per heavy atom. The molecular formula is C26H27FN2O2. The molecule has 1 saturated heterocycles. The SMILES string of the molecule is COc1ccccc1-c1cccc(CN2CCC(NC(=O)c3ccccc3F)CC2)c1. The van der Waals surface area contributed by atoms with Gasteiger partial charge in [-0.15, -0.1) is 0 Å². The number of likely N-dealkylation sites (tertiary alicyclic amines) is 1. The van der Waals surface area contributed by atoms with Gasteiger partial charge in [-0.3, -0.25) is 9.69 Å². The van der Waals surface area contributed by atoms with Crippen molar-refractivity contribution in [1.82, 2.24) is 10.2 Å². The van der Waals surface area contributed by atoms with Gasteiger partial charge in [0.25, 0.3) is 5.91 Å². The predicted octanol–water partition coefficient (Wildman–Crippen LogP) is 4.90. The highest BCUT2D eigenvalue weighted by atomic mass is 19.1. The van der Waals surface area contributed by atoms with Gasteiger partial charge in [-0.2, -0.15) is 0 Å². The third-order valence-electron chi connectivity index (χ3n) is 5.79. The summed E-state index contributed by atoms with van der Waals surface area (Å²) in [6.45, 7) is 2.64. The van der Waals surface area contributed by atoms with Crippen molar-refractivity contribution >= 4 is 5.91 Å². The molecule has 0 saturated carbocycles. The number of hydrogen-bond donors (Lipinski definition) is 1. The maximum atomic E-state index is 13.8. The number of halogens is 1. The number of nitrogens with one attached hydrogen (secondary N) is 1. The largest absolute Gasteiger partial charge is 0.496 e. The van der Waals surface area contributed by atoms with Crippen LogP contribution >= 0.6 is 0 Å². The molecule has 0 aliphatic carbocycles. The molecule has 1 aliphatic heterocycles. The van der Waals surface area contributed by atoms with Gasteiger partial charge in [0, 0.05) is 31.2 Å². The average molecular weight is 419 g/mol. The molecule has 160 valence electrons. The van der Waals surface area contributed by atoms with Crippen LogP contribution in [0.3, 0.4) is 0 Å². The van der Waals surface area contributed by atoms with Crippen LogP contribution in [0.15, 0.2) is 72.8 Å². The van der Waals surface area contributed by atoms with Crippen LogP contribution in [0.1, 0.15) is 28.8 Å². The molecule has 1 amide bonds. The lowest BCUT2D eigenvalue weighted by Gasteiger charge is -2.32. The molecule has 0 radical (unpaired) electrons. The summed E-state index contributed by atoms with van der Waals surface area (Å²) in [5.74, 6) is 0.0551. The Labute approximate surface area is 182 Å². The van der Waals surface area contributed by atoms with Crippen molar-refractivity contribution in [1.29, 1.82) is 0 Å². The van der Waals surface area contributed by atoms with Crippen LogP contribution < -0.4 is 10.1 Å². The number of amides is 1. The molecule has 0 aromatic heterocycles. The predicted molar refractivity (Wildman–Crippen MR) is 121 cm³/mol. The van der Waals surface area contributed by atoms with E-state index in [1.54, 1.807) is 19.2 Å². The van der Waals surface area contributed by atoms with E-state index >= 15 is 0 Å². The number of ether oxygens (including phenoxy) is 1. The second-order valence-corrected chi connectivity index (χ2v) is 7.90. The van der Waals surface area contributed by atoms with Crippen LogP contribution in [-0.2, 0) is 6.54 Å². The van der Waals surface area contributed by atoms with Crippen molar-refractivity contribution in [2.75, 3.05) is 20.2 Å². The van der Waals surface area contributed by atoms with Crippen molar-refractivity contribution in [3.63, 3.8) is 0 Å². The fourth-order valence-electron chi connectivity index (χ4n) is 4.12. The molecule has 5 heteroatoms. The number of carbonyl (C=O) groups excluding carboxylic acids is 1. The zero-order valence-electron chi connectivity index (χ0n) is 17.7. The summed E-state index contributed by atoms with van der Waals surface area (Å²) >= 11 is 0. The Kier molecular flexibility index (Phi) is 6.63. The summed E-state index contributed by atoms with van der Waals surface area (Å²) in [4.78, 5) is 14.8. The molecule has 4 rings (SSSR count). The average Bonchev–Trinajstić information content (AvgIpc) is 2.81. The van der Waals surface area contributed by atoms with Gasteiger partial charge in [-0.25, -0.2) is 4.39 Å². The molecule has 0 unspecified atom stereocenters. The molecule has 0 spiro atoms. The fraction of sp³-hybridized carbons (Fsp3) is 0.269. The first-order valence-corrected chi connectivity index (χ1v) is 10.6. The van der Waals surface area contributed by atoms with Gasteiger partial charge >= 0.3 is 0 Å². The second kappa shape index (κ2) is 9.75. The third-order valence-corrected chi connectivity index (χ3v) is 5.79. The van der Waals surface area contributed by atoms with Gasteiger partial charge in [0.2, 0.25) is 0 Å². The minimum absolute atomic E-state index is 0.0725. The number of hydrogen-bond acceptors (Lipinski definition) is 3. The molecule has 0 atom stereocenters. The van der Waals surface area contributed by atoms with Gasteiger partial charge in [0.15, 0.2) is 0 Å². The molecule has 1 aliphatic rings. The van der Waals surface area contributed by atoms with E-state index in [1.807, 2.05) is 18.2 Å². The van der Waals surface area contributed by atoms with Crippen molar-refractivity contribution in [3.05, 3.63) is 89.7 Å². The lowest BCUT2D eigenvalue weighted by atomic mass is 10.0. The van der Waals surface area contributed by atoms with Gasteiger partial charge in [0.1, 0.15) is 11.6 Å². The Hall–Kier alpha value is -3.18. The third kappa shape index (κ3) is 5.12. The van der Waals surface area contributed by atoms with Crippen LogP contribution in [0.2, 0.25) is 0 Å². The van der Waals surface area contributed by atoms with E-state index in [0.29, 0.717) is 0 Å². The van der Waals surface area contributed by atoms with E-state index in [9.17, 15) is 9.18 Å².